The predicted octanol–water partition coefficient (Wildman–Crippen LogP) is 1.94. The molecule has 0 unspecified atom stereocenters. The highest BCUT2D eigenvalue weighted by molar-refractivity contribution is 5.22. The fourth-order valence-electron chi connectivity index (χ4n) is 1.76. The average molecular weight is 237 g/mol. The van der Waals surface area contributed by atoms with Crippen molar-refractivity contribution in [2.45, 2.75) is 33.0 Å². The van der Waals surface area contributed by atoms with Gasteiger partial charge in [-0.05, 0) is 17.0 Å². The number of methoxy groups -OCH3 is 1. The lowest BCUT2D eigenvalue weighted by Crippen LogP contribution is -2.36. The smallest absolute Gasteiger partial charge is 0.0713 e. The fourth-order valence-corrected chi connectivity index (χ4v) is 1.76. The van der Waals surface area contributed by atoms with E-state index in [-0.39, 0.29) is 12.6 Å². The molecule has 1 aromatic carbocycles. The van der Waals surface area contributed by atoms with Gasteiger partial charge in [0.1, 0.15) is 0 Å². The molecule has 0 aromatic heterocycles. The van der Waals surface area contributed by atoms with Gasteiger partial charge in [0, 0.05) is 19.7 Å². The van der Waals surface area contributed by atoms with Crippen LogP contribution < -0.4 is 5.32 Å². The molecule has 0 spiro atoms. The Morgan fingerprint density at radius 2 is 2.00 bits per heavy atom. The second kappa shape index (κ2) is 7.43. The molecular formula is C14H23NO2. The molecule has 0 radical (unpaired) electrons. The van der Waals surface area contributed by atoms with E-state index in [4.69, 9.17) is 4.74 Å². The van der Waals surface area contributed by atoms with Crippen molar-refractivity contribution in [1.29, 1.82) is 0 Å². The van der Waals surface area contributed by atoms with Crippen LogP contribution in [0.5, 0.6) is 0 Å². The van der Waals surface area contributed by atoms with Crippen molar-refractivity contribution < 1.29 is 9.84 Å². The summed E-state index contributed by atoms with van der Waals surface area (Å²) in [5.74, 6) is 0.433. The predicted molar refractivity (Wildman–Crippen MR) is 69.7 cm³/mol. The van der Waals surface area contributed by atoms with Gasteiger partial charge in [-0.2, -0.15) is 0 Å². The minimum Gasteiger partial charge on any atom is -0.395 e. The van der Waals surface area contributed by atoms with Crippen molar-refractivity contribution in [3.8, 4) is 0 Å². The summed E-state index contributed by atoms with van der Waals surface area (Å²) in [4.78, 5) is 0. The molecule has 0 aliphatic rings. The number of aliphatic hydroxyl groups is 1. The van der Waals surface area contributed by atoms with E-state index in [0.29, 0.717) is 12.5 Å². The number of hydrogen-bond donors (Lipinski definition) is 2. The third-order valence-electron chi connectivity index (χ3n) is 2.87. The lowest BCUT2D eigenvalue weighted by molar-refractivity contribution is 0.184. The van der Waals surface area contributed by atoms with Crippen molar-refractivity contribution in [3.05, 3.63) is 35.4 Å². The Bertz CT molecular complexity index is 326. The maximum atomic E-state index is 9.23. The molecular weight excluding hydrogens is 214 g/mol. The molecule has 0 fully saturated rings. The molecule has 1 aromatic rings. The van der Waals surface area contributed by atoms with Crippen LogP contribution in [0.4, 0.5) is 0 Å². The molecule has 17 heavy (non-hydrogen) atoms. The second-order valence-corrected chi connectivity index (χ2v) is 4.67. The Kier molecular flexibility index (Phi) is 6.19. The van der Waals surface area contributed by atoms with Crippen LogP contribution in [0.3, 0.4) is 0 Å². The molecule has 0 aliphatic carbocycles. The highest BCUT2D eigenvalue weighted by Crippen LogP contribution is 2.08. The summed E-state index contributed by atoms with van der Waals surface area (Å²) in [6.07, 6.45) is 0. The lowest BCUT2D eigenvalue weighted by atomic mass is 10.0. The molecule has 0 amide bonds. The Morgan fingerprint density at radius 1 is 1.29 bits per heavy atom. The minimum absolute atomic E-state index is 0.154. The highest BCUT2D eigenvalue weighted by atomic mass is 16.5. The molecule has 96 valence electrons. The number of aliphatic hydroxyl groups excluding tert-OH is 1. The van der Waals surface area contributed by atoms with Crippen LogP contribution >= 0.6 is 0 Å². The summed E-state index contributed by atoms with van der Waals surface area (Å²) in [5, 5.41) is 12.6. The molecule has 2 N–H and O–H groups in total. The van der Waals surface area contributed by atoms with Crippen molar-refractivity contribution in [3.63, 3.8) is 0 Å². The van der Waals surface area contributed by atoms with Gasteiger partial charge < -0.3 is 15.2 Å². The summed E-state index contributed by atoms with van der Waals surface area (Å²) in [7, 11) is 1.70. The van der Waals surface area contributed by atoms with Gasteiger partial charge in [0.2, 0.25) is 0 Å². The van der Waals surface area contributed by atoms with Gasteiger partial charge in [0.25, 0.3) is 0 Å². The van der Waals surface area contributed by atoms with E-state index in [1.807, 2.05) is 6.07 Å². The average Bonchev–Trinajstić information content (AvgIpc) is 2.30. The SMILES string of the molecule is COCc1cccc(CN[C@H](CO)C(C)C)c1. The first-order chi connectivity index (χ1) is 8.17. The maximum absolute atomic E-state index is 9.23. The zero-order valence-corrected chi connectivity index (χ0v) is 10.9. The largest absolute Gasteiger partial charge is 0.395 e. The van der Waals surface area contributed by atoms with Gasteiger partial charge in [0.15, 0.2) is 0 Å². The molecule has 3 nitrogen and oxygen atoms in total. The zero-order chi connectivity index (χ0) is 12.7. The van der Waals surface area contributed by atoms with E-state index in [9.17, 15) is 5.11 Å². The van der Waals surface area contributed by atoms with Gasteiger partial charge in [-0.15, -0.1) is 0 Å². The number of nitrogens with one attached hydrogen (secondary N) is 1. The van der Waals surface area contributed by atoms with E-state index >= 15 is 0 Å². The highest BCUT2D eigenvalue weighted by Gasteiger charge is 2.10. The molecule has 1 rings (SSSR count). The normalized spacial score (nSPS) is 13.0. The van der Waals surface area contributed by atoms with Crippen LogP contribution in [0, 0.1) is 5.92 Å². The van der Waals surface area contributed by atoms with Crippen LogP contribution in [0.2, 0.25) is 0 Å². The van der Waals surface area contributed by atoms with Gasteiger partial charge in [-0.3, -0.25) is 0 Å². The Balaban J connectivity index is 2.53. The van der Waals surface area contributed by atoms with E-state index in [0.717, 1.165) is 6.54 Å². The van der Waals surface area contributed by atoms with E-state index in [1.54, 1.807) is 7.11 Å². The van der Waals surface area contributed by atoms with Crippen molar-refractivity contribution in [1.82, 2.24) is 5.32 Å². The van der Waals surface area contributed by atoms with Crippen LogP contribution in [-0.2, 0) is 17.9 Å². The maximum Gasteiger partial charge on any atom is 0.0713 e. The van der Waals surface area contributed by atoms with Gasteiger partial charge in [0.05, 0.1) is 13.2 Å². The topological polar surface area (TPSA) is 41.5 Å². The number of benzene rings is 1. The molecule has 0 saturated heterocycles. The Morgan fingerprint density at radius 3 is 2.59 bits per heavy atom. The standard InChI is InChI=1S/C14H23NO2/c1-11(2)14(9-16)15-8-12-5-4-6-13(7-12)10-17-3/h4-7,11,14-16H,8-10H2,1-3H3/t14-/m1/s1. The van der Waals surface area contributed by atoms with Crippen molar-refractivity contribution in [2.24, 2.45) is 5.92 Å². The van der Waals surface area contributed by atoms with Crippen LogP contribution in [-0.4, -0.2) is 24.9 Å². The summed E-state index contributed by atoms with van der Waals surface area (Å²) < 4.78 is 5.11. The minimum atomic E-state index is 0.154. The van der Waals surface area contributed by atoms with E-state index < -0.39 is 0 Å². The molecule has 3 heteroatoms. The Hall–Kier alpha value is -0.900. The second-order valence-electron chi connectivity index (χ2n) is 4.67. The van der Waals surface area contributed by atoms with Gasteiger partial charge >= 0.3 is 0 Å². The molecule has 0 aliphatic heterocycles. The third kappa shape index (κ3) is 4.86. The monoisotopic (exact) mass is 237 g/mol. The van der Waals surface area contributed by atoms with Crippen LogP contribution in [0.15, 0.2) is 24.3 Å². The number of ether oxygens (including phenoxy) is 1. The van der Waals surface area contributed by atoms with Gasteiger partial charge in [-0.25, -0.2) is 0 Å². The Labute approximate surface area is 104 Å². The summed E-state index contributed by atoms with van der Waals surface area (Å²) in [6.45, 7) is 5.81. The number of hydrogen-bond acceptors (Lipinski definition) is 3. The quantitative estimate of drug-likeness (QED) is 0.761. The molecule has 0 heterocycles. The van der Waals surface area contributed by atoms with Crippen LogP contribution in [0.1, 0.15) is 25.0 Å². The third-order valence-corrected chi connectivity index (χ3v) is 2.87. The molecule has 1 atom stereocenters. The van der Waals surface area contributed by atoms with E-state index in [2.05, 4.69) is 37.4 Å². The first kappa shape index (κ1) is 14.2. The van der Waals surface area contributed by atoms with Crippen molar-refractivity contribution in [2.75, 3.05) is 13.7 Å². The summed E-state index contributed by atoms with van der Waals surface area (Å²) in [6, 6.07) is 8.46. The van der Waals surface area contributed by atoms with E-state index in [1.165, 1.54) is 11.1 Å². The first-order valence-electron chi connectivity index (χ1n) is 6.08. The molecule has 0 bridgehead atoms. The first-order valence-corrected chi connectivity index (χ1v) is 6.08. The summed E-state index contributed by atoms with van der Waals surface area (Å²) in [5.41, 5.74) is 2.40. The van der Waals surface area contributed by atoms with Crippen molar-refractivity contribution >= 4 is 0 Å². The lowest BCUT2D eigenvalue weighted by Gasteiger charge is -2.20. The molecule has 0 saturated carbocycles. The summed E-state index contributed by atoms with van der Waals surface area (Å²) >= 11 is 0. The van der Waals surface area contributed by atoms with Gasteiger partial charge in [-0.1, -0.05) is 38.1 Å². The zero-order valence-electron chi connectivity index (χ0n) is 10.9. The fraction of sp³-hybridized carbons (Fsp3) is 0.571. The van der Waals surface area contributed by atoms with Crippen LogP contribution in [0.25, 0.3) is 0 Å². The number of rotatable bonds is 7.